The van der Waals surface area contributed by atoms with Gasteiger partial charge in [-0.25, -0.2) is 0 Å². The van der Waals surface area contributed by atoms with Gasteiger partial charge in [-0.05, 0) is 6.92 Å². The van der Waals surface area contributed by atoms with Crippen molar-refractivity contribution < 1.29 is 43.8 Å². The topological polar surface area (TPSA) is 124 Å². The molecule has 2 aliphatic rings. The molecule has 2 heterocycles. The van der Waals surface area contributed by atoms with E-state index >= 15 is 0 Å². The zero-order valence-corrected chi connectivity index (χ0v) is 12.2. The number of aliphatic hydroxyl groups excluding tert-OH is 3. The summed E-state index contributed by atoms with van der Waals surface area (Å²) < 4.78 is 24.5. The van der Waals surface area contributed by atoms with Crippen LogP contribution in [-0.2, 0) is 28.5 Å². The first-order valence-corrected chi connectivity index (χ1v) is 6.43. The smallest absolute Gasteiger partial charge is 0.180 e. The zero-order chi connectivity index (χ0) is 16.1. The Hall–Kier alpha value is -0.650. The van der Waals surface area contributed by atoms with Crippen LogP contribution in [0.3, 0.4) is 0 Å². The standard InChI is InChI=1S/C6H12O3.C4H8O4.C2H4O2.CH4/c1-5-3-9-6(7-2)4-8-5;5-3-1-7-4(6)2-8-3;3-1-2-4;/h5-6H,3-4H2,1-2H3;3-6H,1-2H2;1,4H,2H2;1H4. The second kappa shape index (κ2) is 15.3. The van der Waals surface area contributed by atoms with Crippen LogP contribution in [0, 0.1) is 0 Å². The molecule has 0 radical (unpaired) electrons. The van der Waals surface area contributed by atoms with Gasteiger partial charge in [0, 0.05) is 7.11 Å². The van der Waals surface area contributed by atoms with E-state index in [4.69, 9.17) is 34.3 Å². The highest BCUT2D eigenvalue weighted by atomic mass is 16.7. The van der Waals surface area contributed by atoms with E-state index in [2.05, 4.69) is 9.47 Å². The van der Waals surface area contributed by atoms with Gasteiger partial charge < -0.3 is 43.8 Å². The van der Waals surface area contributed by atoms with Gasteiger partial charge in [0.15, 0.2) is 18.9 Å². The number of aldehydes is 1. The Kier molecular flexibility index (Phi) is 16.4. The van der Waals surface area contributed by atoms with Gasteiger partial charge in [0.1, 0.15) is 19.5 Å². The third kappa shape index (κ3) is 13.0. The van der Waals surface area contributed by atoms with Crippen molar-refractivity contribution in [2.75, 3.05) is 40.1 Å². The van der Waals surface area contributed by atoms with E-state index in [0.29, 0.717) is 19.5 Å². The molecule has 22 heavy (non-hydrogen) atoms. The summed E-state index contributed by atoms with van der Waals surface area (Å²) in [6.45, 7) is 2.92. The molecule has 2 rings (SSSR count). The number of aliphatic hydroxyl groups is 3. The fourth-order valence-corrected chi connectivity index (χ4v) is 1.20. The molecule has 0 aliphatic carbocycles. The zero-order valence-electron chi connectivity index (χ0n) is 12.2. The Labute approximate surface area is 130 Å². The van der Waals surface area contributed by atoms with Crippen LogP contribution in [0.1, 0.15) is 14.4 Å². The maximum absolute atomic E-state index is 8.92. The molecule has 2 saturated heterocycles. The number of rotatable bonds is 2. The Morgan fingerprint density at radius 3 is 1.82 bits per heavy atom. The second-order valence-corrected chi connectivity index (χ2v) is 4.07. The fourth-order valence-electron chi connectivity index (χ4n) is 1.20. The Morgan fingerprint density at radius 1 is 1.05 bits per heavy atom. The Balaban J connectivity index is 0. The maximum Gasteiger partial charge on any atom is 0.180 e. The normalized spacial score (nSPS) is 30.6. The molecule has 0 bridgehead atoms. The second-order valence-electron chi connectivity index (χ2n) is 4.07. The molecular formula is C13H28O9. The third-order valence-corrected chi connectivity index (χ3v) is 2.23. The van der Waals surface area contributed by atoms with E-state index in [1.54, 1.807) is 7.11 Å². The third-order valence-electron chi connectivity index (χ3n) is 2.23. The van der Waals surface area contributed by atoms with Gasteiger partial charge in [0.2, 0.25) is 0 Å². The SMILES string of the molecule is C.COC1COC(C)CO1.O=CCO.OC1COC(O)CO1. The predicted molar refractivity (Wildman–Crippen MR) is 76.0 cm³/mol. The molecule has 0 aromatic rings. The molecule has 9 nitrogen and oxygen atoms in total. The molecule has 2 fully saturated rings. The fraction of sp³-hybridized carbons (Fsp3) is 0.923. The van der Waals surface area contributed by atoms with E-state index < -0.39 is 12.6 Å². The van der Waals surface area contributed by atoms with Crippen LogP contribution in [0.4, 0.5) is 0 Å². The number of carbonyl (C=O) groups is 1. The number of ether oxygens (including phenoxy) is 5. The van der Waals surface area contributed by atoms with Crippen molar-refractivity contribution in [1.82, 2.24) is 0 Å². The quantitative estimate of drug-likeness (QED) is 0.540. The highest BCUT2D eigenvalue weighted by Gasteiger charge is 2.17. The van der Waals surface area contributed by atoms with Crippen molar-refractivity contribution in [1.29, 1.82) is 0 Å². The van der Waals surface area contributed by atoms with Crippen LogP contribution >= 0.6 is 0 Å². The molecule has 0 spiro atoms. The minimum absolute atomic E-state index is 0. The van der Waals surface area contributed by atoms with Crippen LogP contribution < -0.4 is 0 Å². The van der Waals surface area contributed by atoms with Gasteiger partial charge in [-0.3, -0.25) is 0 Å². The first-order chi connectivity index (χ1) is 10.0. The summed E-state index contributed by atoms with van der Waals surface area (Å²) in [6, 6.07) is 0. The number of methoxy groups -OCH3 is 1. The maximum atomic E-state index is 8.92. The number of carbonyl (C=O) groups excluding carboxylic acids is 1. The molecule has 3 N–H and O–H groups in total. The lowest BCUT2D eigenvalue weighted by Gasteiger charge is -2.25. The molecule has 4 atom stereocenters. The largest absolute Gasteiger partial charge is 0.389 e. The average molecular weight is 328 g/mol. The molecule has 4 unspecified atom stereocenters. The first kappa shape index (κ1) is 23.6. The van der Waals surface area contributed by atoms with Crippen molar-refractivity contribution in [3.05, 3.63) is 0 Å². The van der Waals surface area contributed by atoms with Crippen molar-refractivity contribution >= 4 is 6.29 Å². The van der Waals surface area contributed by atoms with Gasteiger partial charge in [0.25, 0.3) is 0 Å². The monoisotopic (exact) mass is 328 g/mol. The van der Waals surface area contributed by atoms with Crippen molar-refractivity contribution in [2.45, 2.75) is 39.3 Å². The lowest BCUT2D eigenvalue weighted by atomic mass is 10.4. The van der Waals surface area contributed by atoms with Crippen LogP contribution in [0.5, 0.6) is 0 Å². The molecule has 0 aromatic heterocycles. The highest BCUT2D eigenvalue weighted by Crippen LogP contribution is 2.05. The van der Waals surface area contributed by atoms with Gasteiger partial charge in [0.05, 0.1) is 25.9 Å². The van der Waals surface area contributed by atoms with Crippen molar-refractivity contribution in [3.8, 4) is 0 Å². The minimum atomic E-state index is -0.863. The number of hydrogen-bond donors (Lipinski definition) is 3. The molecule has 0 aromatic carbocycles. The van der Waals surface area contributed by atoms with Gasteiger partial charge in [-0.15, -0.1) is 0 Å². The molecule has 2 aliphatic heterocycles. The first-order valence-electron chi connectivity index (χ1n) is 6.43. The number of hydrogen-bond acceptors (Lipinski definition) is 9. The van der Waals surface area contributed by atoms with Gasteiger partial charge >= 0.3 is 0 Å². The summed E-state index contributed by atoms with van der Waals surface area (Å²) >= 11 is 0. The average Bonchev–Trinajstić information content (AvgIpc) is 2.52. The minimum Gasteiger partial charge on any atom is -0.389 e. The van der Waals surface area contributed by atoms with Crippen LogP contribution in [0.25, 0.3) is 0 Å². The van der Waals surface area contributed by atoms with Crippen molar-refractivity contribution in [3.63, 3.8) is 0 Å². The molecular weight excluding hydrogens is 300 g/mol. The van der Waals surface area contributed by atoms with Crippen LogP contribution in [-0.4, -0.2) is 86.7 Å². The van der Waals surface area contributed by atoms with Crippen LogP contribution in [0.15, 0.2) is 0 Å². The molecule has 0 saturated carbocycles. The molecule has 9 heteroatoms. The van der Waals surface area contributed by atoms with Crippen LogP contribution in [0.2, 0.25) is 0 Å². The van der Waals surface area contributed by atoms with E-state index in [1.807, 2.05) is 6.92 Å². The summed E-state index contributed by atoms with van der Waals surface area (Å²) in [4.78, 5) is 8.92. The summed E-state index contributed by atoms with van der Waals surface area (Å²) in [5.41, 5.74) is 0. The van der Waals surface area contributed by atoms with E-state index in [1.165, 1.54) is 0 Å². The van der Waals surface area contributed by atoms with Gasteiger partial charge in [-0.2, -0.15) is 0 Å². The lowest BCUT2D eigenvalue weighted by Crippen LogP contribution is -2.34. The summed E-state index contributed by atoms with van der Waals surface area (Å²) in [6.07, 6.45) is -1.23. The molecule has 0 amide bonds. The lowest BCUT2D eigenvalue weighted by molar-refractivity contribution is -0.263. The molecule has 134 valence electrons. The Bertz CT molecular complexity index is 226. The van der Waals surface area contributed by atoms with Gasteiger partial charge in [-0.1, -0.05) is 7.43 Å². The Morgan fingerprint density at radius 2 is 1.55 bits per heavy atom. The summed E-state index contributed by atoms with van der Waals surface area (Å²) in [5, 5.41) is 24.6. The summed E-state index contributed by atoms with van der Waals surface area (Å²) in [5.74, 6) is 0. The highest BCUT2D eigenvalue weighted by molar-refractivity contribution is 5.49. The summed E-state index contributed by atoms with van der Waals surface area (Å²) in [7, 11) is 1.62. The van der Waals surface area contributed by atoms with Crippen molar-refractivity contribution in [2.24, 2.45) is 0 Å². The van der Waals surface area contributed by atoms with E-state index in [9.17, 15) is 0 Å². The van der Waals surface area contributed by atoms with E-state index in [0.717, 1.165) is 0 Å². The van der Waals surface area contributed by atoms with E-state index in [-0.39, 0.29) is 39.6 Å². The predicted octanol–water partition coefficient (Wildman–Crippen LogP) is -1.12.